The largest absolute Gasteiger partial charge is 0.393 e. The van der Waals surface area contributed by atoms with Crippen LogP contribution in [-0.4, -0.2) is 19.7 Å². The number of anilines is 1. The van der Waals surface area contributed by atoms with E-state index in [1.807, 2.05) is 6.92 Å². The zero-order valence-electron chi connectivity index (χ0n) is 9.20. The van der Waals surface area contributed by atoms with Crippen LogP contribution in [0.4, 0.5) is 11.4 Å². The Bertz CT molecular complexity index is 564. The van der Waals surface area contributed by atoms with Gasteiger partial charge in [0, 0.05) is 18.2 Å². The van der Waals surface area contributed by atoms with E-state index in [1.165, 1.54) is 12.1 Å². The Morgan fingerprint density at radius 3 is 2.94 bits per heavy atom. The quantitative estimate of drug-likeness (QED) is 0.491. The van der Waals surface area contributed by atoms with Crippen molar-refractivity contribution in [3.8, 4) is 11.4 Å². The van der Waals surface area contributed by atoms with Crippen LogP contribution in [0.1, 0.15) is 6.92 Å². The molecular formula is C10H11N5O2. The number of hydrogen-bond donors (Lipinski definition) is 1. The van der Waals surface area contributed by atoms with Gasteiger partial charge in [-0.15, -0.1) is 10.2 Å². The molecule has 88 valence electrons. The average molecular weight is 233 g/mol. The molecule has 0 aliphatic carbocycles. The molecule has 0 atom stereocenters. The summed E-state index contributed by atoms with van der Waals surface area (Å²) in [5.74, 6) is 0.593. The van der Waals surface area contributed by atoms with E-state index < -0.39 is 4.92 Å². The molecule has 7 heteroatoms. The van der Waals surface area contributed by atoms with Gasteiger partial charge in [-0.1, -0.05) is 0 Å². The van der Waals surface area contributed by atoms with Crippen LogP contribution >= 0.6 is 0 Å². The van der Waals surface area contributed by atoms with E-state index >= 15 is 0 Å². The summed E-state index contributed by atoms with van der Waals surface area (Å²) < 4.78 is 1.80. The predicted molar refractivity (Wildman–Crippen MR) is 62.2 cm³/mol. The second kappa shape index (κ2) is 4.20. The van der Waals surface area contributed by atoms with Gasteiger partial charge in [0.2, 0.25) is 0 Å². The van der Waals surface area contributed by atoms with Crippen LogP contribution in [0.5, 0.6) is 0 Å². The third kappa shape index (κ3) is 1.94. The predicted octanol–water partition coefficient (Wildman–Crippen LogP) is 1.46. The smallest absolute Gasteiger partial charge is 0.292 e. The van der Waals surface area contributed by atoms with Gasteiger partial charge in [0.25, 0.3) is 5.69 Å². The van der Waals surface area contributed by atoms with Crippen molar-refractivity contribution in [2.45, 2.75) is 13.5 Å². The van der Waals surface area contributed by atoms with Crippen molar-refractivity contribution in [1.29, 1.82) is 0 Å². The molecule has 0 aliphatic rings. The molecule has 0 spiro atoms. The zero-order chi connectivity index (χ0) is 12.4. The number of nitrogens with zero attached hydrogens (tertiary/aromatic N) is 4. The molecular weight excluding hydrogens is 222 g/mol. The fourth-order valence-corrected chi connectivity index (χ4v) is 1.55. The Labute approximate surface area is 97.0 Å². The maximum atomic E-state index is 10.8. The molecule has 2 N–H and O–H groups in total. The number of benzene rings is 1. The summed E-state index contributed by atoms with van der Waals surface area (Å²) in [6.07, 6.45) is 1.58. The molecule has 1 aromatic carbocycles. The summed E-state index contributed by atoms with van der Waals surface area (Å²) in [5, 5.41) is 18.5. The third-order valence-electron chi connectivity index (χ3n) is 2.44. The van der Waals surface area contributed by atoms with Gasteiger partial charge in [-0.25, -0.2) is 0 Å². The zero-order valence-corrected chi connectivity index (χ0v) is 9.20. The minimum atomic E-state index is -0.508. The summed E-state index contributed by atoms with van der Waals surface area (Å²) >= 11 is 0. The molecule has 2 rings (SSSR count). The molecule has 0 saturated heterocycles. The lowest BCUT2D eigenvalue weighted by atomic mass is 10.1. The van der Waals surface area contributed by atoms with Gasteiger partial charge in [-0.05, 0) is 19.1 Å². The number of nitrogens with two attached hydrogens (primary N) is 1. The number of rotatable bonds is 3. The van der Waals surface area contributed by atoms with Crippen molar-refractivity contribution in [2.24, 2.45) is 0 Å². The minimum absolute atomic E-state index is 0.117. The molecule has 17 heavy (non-hydrogen) atoms. The van der Waals surface area contributed by atoms with E-state index in [4.69, 9.17) is 5.73 Å². The molecule has 0 aliphatic heterocycles. The number of aryl methyl sites for hydroxylation is 1. The normalized spacial score (nSPS) is 10.4. The van der Waals surface area contributed by atoms with Gasteiger partial charge < -0.3 is 10.3 Å². The number of nitro benzene ring substituents is 1. The maximum Gasteiger partial charge on any atom is 0.292 e. The Kier molecular flexibility index (Phi) is 2.73. The van der Waals surface area contributed by atoms with Gasteiger partial charge in [-0.3, -0.25) is 10.1 Å². The van der Waals surface area contributed by atoms with E-state index in [0.717, 1.165) is 0 Å². The first-order valence-electron chi connectivity index (χ1n) is 5.05. The first-order valence-corrected chi connectivity index (χ1v) is 5.05. The molecule has 1 aromatic heterocycles. The number of hydrogen-bond acceptors (Lipinski definition) is 5. The highest BCUT2D eigenvalue weighted by molar-refractivity contribution is 5.68. The molecule has 0 amide bonds. The summed E-state index contributed by atoms with van der Waals surface area (Å²) in [4.78, 5) is 10.3. The van der Waals surface area contributed by atoms with Gasteiger partial charge in [0.15, 0.2) is 5.82 Å². The highest BCUT2D eigenvalue weighted by atomic mass is 16.6. The number of nitro groups is 1. The van der Waals surface area contributed by atoms with Crippen molar-refractivity contribution in [3.05, 3.63) is 34.6 Å². The van der Waals surface area contributed by atoms with E-state index in [-0.39, 0.29) is 11.4 Å². The van der Waals surface area contributed by atoms with Crippen LogP contribution in [0.3, 0.4) is 0 Å². The Morgan fingerprint density at radius 2 is 2.29 bits per heavy atom. The molecule has 2 aromatic rings. The Balaban J connectivity index is 2.54. The van der Waals surface area contributed by atoms with E-state index in [1.54, 1.807) is 17.0 Å². The topological polar surface area (TPSA) is 99.9 Å². The van der Waals surface area contributed by atoms with Gasteiger partial charge in [0.1, 0.15) is 12.0 Å². The van der Waals surface area contributed by atoms with Crippen LogP contribution in [0.15, 0.2) is 24.5 Å². The molecule has 0 bridgehead atoms. The lowest BCUT2D eigenvalue weighted by molar-refractivity contribution is -0.383. The van der Waals surface area contributed by atoms with Gasteiger partial charge in [-0.2, -0.15) is 0 Å². The SMILES string of the molecule is CCn1cnnc1-c1ccc(N)c([N+](=O)[O-])c1. The van der Waals surface area contributed by atoms with Crippen molar-refractivity contribution < 1.29 is 4.92 Å². The van der Waals surface area contributed by atoms with Crippen molar-refractivity contribution in [2.75, 3.05) is 5.73 Å². The standard InChI is InChI=1S/C10H11N5O2/c1-2-14-6-12-13-10(14)7-3-4-8(11)9(5-7)15(16)17/h3-6H,2,11H2,1H3. The van der Waals surface area contributed by atoms with Crippen LogP contribution in [0.2, 0.25) is 0 Å². The molecule has 0 saturated carbocycles. The van der Waals surface area contributed by atoms with Gasteiger partial charge >= 0.3 is 0 Å². The lowest BCUT2D eigenvalue weighted by Crippen LogP contribution is -1.99. The van der Waals surface area contributed by atoms with Crippen LogP contribution < -0.4 is 5.73 Å². The average Bonchev–Trinajstić information content (AvgIpc) is 2.77. The highest BCUT2D eigenvalue weighted by Gasteiger charge is 2.15. The first-order chi connectivity index (χ1) is 8.13. The Morgan fingerprint density at radius 1 is 1.53 bits per heavy atom. The molecule has 0 fully saturated rings. The van der Waals surface area contributed by atoms with Crippen molar-refractivity contribution >= 4 is 11.4 Å². The molecule has 0 radical (unpaired) electrons. The molecule has 7 nitrogen and oxygen atoms in total. The maximum absolute atomic E-state index is 10.8. The third-order valence-corrected chi connectivity index (χ3v) is 2.44. The molecule has 1 heterocycles. The lowest BCUT2D eigenvalue weighted by Gasteiger charge is -2.04. The second-order valence-corrected chi connectivity index (χ2v) is 3.47. The van der Waals surface area contributed by atoms with E-state index in [9.17, 15) is 10.1 Å². The number of nitrogen functional groups attached to an aromatic ring is 1. The van der Waals surface area contributed by atoms with E-state index in [0.29, 0.717) is 17.9 Å². The van der Waals surface area contributed by atoms with Gasteiger partial charge in [0.05, 0.1) is 4.92 Å². The summed E-state index contributed by atoms with van der Waals surface area (Å²) in [5.41, 5.74) is 6.18. The first kappa shape index (κ1) is 11.1. The highest BCUT2D eigenvalue weighted by Crippen LogP contribution is 2.27. The van der Waals surface area contributed by atoms with Crippen LogP contribution in [-0.2, 0) is 6.54 Å². The summed E-state index contributed by atoms with van der Waals surface area (Å²) in [6.45, 7) is 2.64. The second-order valence-electron chi connectivity index (χ2n) is 3.47. The summed E-state index contributed by atoms with van der Waals surface area (Å²) in [7, 11) is 0. The molecule has 0 unspecified atom stereocenters. The van der Waals surface area contributed by atoms with Crippen LogP contribution in [0.25, 0.3) is 11.4 Å². The Hall–Kier alpha value is -2.44. The van der Waals surface area contributed by atoms with Crippen LogP contribution in [0, 0.1) is 10.1 Å². The fourth-order valence-electron chi connectivity index (χ4n) is 1.55. The fraction of sp³-hybridized carbons (Fsp3) is 0.200. The van der Waals surface area contributed by atoms with Crippen molar-refractivity contribution in [3.63, 3.8) is 0 Å². The van der Waals surface area contributed by atoms with Crippen molar-refractivity contribution in [1.82, 2.24) is 14.8 Å². The monoisotopic (exact) mass is 233 g/mol. The van der Waals surface area contributed by atoms with E-state index in [2.05, 4.69) is 10.2 Å². The number of aromatic nitrogens is 3. The summed E-state index contributed by atoms with van der Waals surface area (Å²) in [6, 6.07) is 4.60. The minimum Gasteiger partial charge on any atom is -0.393 e.